The zero-order valence-electron chi connectivity index (χ0n) is 13.0. The van der Waals surface area contributed by atoms with Crippen molar-refractivity contribution in [2.45, 2.75) is 13.5 Å². The van der Waals surface area contributed by atoms with Crippen LogP contribution >= 0.6 is 0 Å². The second kappa shape index (κ2) is 7.47. The molecule has 2 rings (SSSR count). The van der Waals surface area contributed by atoms with Gasteiger partial charge in [-0.05, 0) is 36.8 Å². The van der Waals surface area contributed by atoms with Crippen LogP contribution in [0, 0.1) is 6.92 Å². The number of hydrogen-bond acceptors (Lipinski definition) is 3. The summed E-state index contributed by atoms with van der Waals surface area (Å²) in [5.41, 5.74) is 3.01. The summed E-state index contributed by atoms with van der Waals surface area (Å²) in [4.78, 5) is 16.4. The molecule has 22 heavy (non-hydrogen) atoms. The first-order valence-corrected chi connectivity index (χ1v) is 6.95. The molecule has 0 spiro atoms. The number of aryl methyl sites for hydroxylation is 1. The zero-order chi connectivity index (χ0) is 15.9. The molecule has 0 radical (unpaired) electrons. The van der Waals surface area contributed by atoms with E-state index >= 15 is 0 Å². The van der Waals surface area contributed by atoms with Gasteiger partial charge in [0, 0.05) is 12.7 Å². The van der Waals surface area contributed by atoms with E-state index in [-0.39, 0.29) is 6.03 Å². The minimum atomic E-state index is -0.337. The number of nitrogens with one attached hydrogen (secondary N) is 1. The van der Waals surface area contributed by atoms with Gasteiger partial charge in [-0.1, -0.05) is 29.8 Å². The van der Waals surface area contributed by atoms with Gasteiger partial charge in [-0.3, -0.25) is 4.84 Å². The Kier molecular flexibility index (Phi) is 5.38. The van der Waals surface area contributed by atoms with Gasteiger partial charge in [0.1, 0.15) is 12.4 Å². The van der Waals surface area contributed by atoms with Crippen LogP contribution < -0.4 is 10.1 Å². The fraction of sp³-hybridized carbons (Fsp3) is 0.235. The quantitative estimate of drug-likeness (QED) is 0.858. The summed E-state index contributed by atoms with van der Waals surface area (Å²) in [6.07, 6.45) is 0. The highest BCUT2D eigenvalue weighted by atomic mass is 16.7. The minimum Gasteiger partial charge on any atom is -0.489 e. The van der Waals surface area contributed by atoms with E-state index in [4.69, 9.17) is 9.57 Å². The molecular weight excluding hydrogens is 280 g/mol. The van der Waals surface area contributed by atoms with Crippen molar-refractivity contribution in [2.75, 3.05) is 19.5 Å². The average Bonchev–Trinajstić information content (AvgIpc) is 2.53. The number of anilines is 1. The number of rotatable bonds is 5. The fourth-order valence-corrected chi connectivity index (χ4v) is 1.89. The van der Waals surface area contributed by atoms with E-state index in [2.05, 4.69) is 24.4 Å². The summed E-state index contributed by atoms with van der Waals surface area (Å²) in [6, 6.07) is 15.1. The number of hydrogen-bond donors (Lipinski definition) is 1. The van der Waals surface area contributed by atoms with Gasteiger partial charge in [0.25, 0.3) is 0 Å². The highest BCUT2D eigenvalue weighted by Crippen LogP contribution is 2.17. The number of hydroxylamine groups is 2. The molecule has 0 bridgehead atoms. The van der Waals surface area contributed by atoms with Crippen molar-refractivity contribution in [1.29, 1.82) is 0 Å². The fourth-order valence-electron chi connectivity index (χ4n) is 1.89. The number of benzene rings is 2. The maximum Gasteiger partial charge on any atom is 0.345 e. The second-order valence-corrected chi connectivity index (χ2v) is 4.91. The van der Waals surface area contributed by atoms with Crippen molar-refractivity contribution in [3.8, 4) is 5.75 Å². The maximum atomic E-state index is 11.6. The van der Waals surface area contributed by atoms with E-state index in [1.54, 1.807) is 12.1 Å². The molecule has 0 unspecified atom stereocenters. The zero-order valence-corrected chi connectivity index (χ0v) is 13.0. The van der Waals surface area contributed by atoms with E-state index in [1.165, 1.54) is 19.7 Å². The molecular formula is C17H20N2O3. The molecule has 0 fully saturated rings. The van der Waals surface area contributed by atoms with Gasteiger partial charge in [0.2, 0.25) is 0 Å². The number of carbonyl (C=O) groups excluding carboxylic acids is 1. The molecule has 0 aliphatic heterocycles. The lowest BCUT2D eigenvalue weighted by atomic mass is 10.1. The summed E-state index contributed by atoms with van der Waals surface area (Å²) in [5, 5.41) is 3.82. The third-order valence-electron chi connectivity index (χ3n) is 3.15. The first-order valence-electron chi connectivity index (χ1n) is 6.95. The summed E-state index contributed by atoms with van der Waals surface area (Å²) in [6.45, 7) is 2.57. The number of urea groups is 1. The van der Waals surface area contributed by atoms with E-state index in [0.717, 1.165) is 16.4 Å². The SMILES string of the molecule is CON(C)C(=O)Nc1ccc(OCc2cccc(C)c2)cc1. The highest BCUT2D eigenvalue weighted by Gasteiger charge is 2.07. The summed E-state index contributed by atoms with van der Waals surface area (Å²) >= 11 is 0. The normalized spacial score (nSPS) is 10.1. The van der Waals surface area contributed by atoms with Crippen LogP contribution in [-0.4, -0.2) is 25.3 Å². The Bertz CT molecular complexity index is 626. The van der Waals surface area contributed by atoms with Crippen LogP contribution in [0.15, 0.2) is 48.5 Å². The monoisotopic (exact) mass is 300 g/mol. The van der Waals surface area contributed by atoms with Gasteiger partial charge in [0.15, 0.2) is 0 Å². The van der Waals surface area contributed by atoms with Gasteiger partial charge >= 0.3 is 6.03 Å². The largest absolute Gasteiger partial charge is 0.489 e. The van der Waals surface area contributed by atoms with Crippen molar-refractivity contribution in [3.05, 3.63) is 59.7 Å². The molecule has 0 aliphatic carbocycles. The number of carbonyl (C=O) groups is 1. The first-order chi connectivity index (χ1) is 10.6. The molecule has 2 aromatic carbocycles. The summed E-state index contributed by atoms with van der Waals surface area (Å²) in [5.74, 6) is 0.750. The van der Waals surface area contributed by atoms with Crippen LogP contribution in [-0.2, 0) is 11.4 Å². The number of amides is 2. The second-order valence-electron chi connectivity index (χ2n) is 4.91. The molecule has 2 aromatic rings. The highest BCUT2D eigenvalue weighted by molar-refractivity contribution is 5.88. The van der Waals surface area contributed by atoms with Crippen LogP contribution in [0.5, 0.6) is 5.75 Å². The lowest BCUT2D eigenvalue weighted by Gasteiger charge is -2.14. The number of nitrogens with zero attached hydrogens (tertiary/aromatic N) is 1. The Morgan fingerprint density at radius 3 is 2.55 bits per heavy atom. The lowest BCUT2D eigenvalue weighted by molar-refractivity contribution is -0.0598. The smallest absolute Gasteiger partial charge is 0.345 e. The standard InChI is InChI=1S/C17H20N2O3/c1-13-5-4-6-14(11-13)12-22-16-9-7-15(8-10-16)18-17(20)19(2)21-3/h4-11H,12H2,1-3H3,(H,18,20). The molecule has 116 valence electrons. The molecule has 0 atom stereocenters. The molecule has 0 saturated carbocycles. The number of ether oxygens (including phenoxy) is 1. The van der Waals surface area contributed by atoms with Gasteiger partial charge in [0.05, 0.1) is 7.11 Å². The molecule has 0 aromatic heterocycles. The molecule has 5 nitrogen and oxygen atoms in total. The van der Waals surface area contributed by atoms with Gasteiger partial charge in [-0.15, -0.1) is 0 Å². The minimum absolute atomic E-state index is 0.337. The van der Waals surface area contributed by atoms with Crippen LogP contribution in [0.4, 0.5) is 10.5 Å². The maximum absolute atomic E-state index is 11.6. The van der Waals surface area contributed by atoms with E-state index in [9.17, 15) is 4.79 Å². The molecule has 5 heteroatoms. The van der Waals surface area contributed by atoms with Gasteiger partial charge < -0.3 is 10.1 Å². The van der Waals surface area contributed by atoms with Crippen molar-refractivity contribution < 1.29 is 14.4 Å². The Morgan fingerprint density at radius 1 is 1.18 bits per heavy atom. The molecule has 0 heterocycles. The summed E-state index contributed by atoms with van der Waals surface area (Å²) < 4.78 is 5.73. The lowest BCUT2D eigenvalue weighted by Crippen LogP contribution is -2.30. The van der Waals surface area contributed by atoms with Crippen LogP contribution in [0.1, 0.15) is 11.1 Å². The van der Waals surface area contributed by atoms with E-state index < -0.39 is 0 Å². The average molecular weight is 300 g/mol. The Morgan fingerprint density at radius 2 is 1.91 bits per heavy atom. The van der Waals surface area contributed by atoms with E-state index in [1.807, 2.05) is 24.3 Å². The first kappa shape index (κ1) is 15.9. The molecule has 0 aliphatic rings. The third kappa shape index (κ3) is 4.49. The van der Waals surface area contributed by atoms with Crippen molar-refractivity contribution >= 4 is 11.7 Å². The topological polar surface area (TPSA) is 50.8 Å². The Balaban J connectivity index is 1.90. The predicted octanol–water partition coefficient (Wildman–Crippen LogP) is 3.60. The third-order valence-corrected chi connectivity index (χ3v) is 3.15. The van der Waals surface area contributed by atoms with Crippen LogP contribution in [0.2, 0.25) is 0 Å². The van der Waals surface area contributed by atoms with Crippen LogP contribution in [0.3, 0.4) is 0 Å². The van der Waals surface area contributed by atoms with Gasteiger partial charge in [-0.2, -0.15) is 0 Å². The van der Waals surface area contributed by atoms with E-state index in [0.29, 0.717) is 12.3 Å². The Labute approximate surface area is 130 Å². The van der Waals surface area contributed by atoms with Crippen molar-refractivity contribution in [1.82, 2.24) is 5.06 Å². The van der Waals surface area contributed by atoms with Gasteiger partial charge in [-0.25, -0.2) is 9.86 Å². The summed E-state index contributed by atoms with van der Waals surface area (Å²) in [7, 11) is 2.97. The van der Waals surface area contributed by atoms with Crippen molar-refractivity contribution in [2.24, 2.45) is 0 Å². The molecule has 2 amide bonds. The molecule has 0 saturated heterocycles. The Hall–Kier alpha value is -2.53. The van der Waals surface area contributed by atoms with Crippen LogP contribution in [0.25, 0.3) is 0 Å². The predicted molar refractivity (Wildman–Crippen MR) is 85.7 cm³/mol. The molecule has 1 N–H and O–H groups in total. The van der Waals surface area contributed by atoms with Crippen molar-refractivity contribution in [3.63, 3.8) is 0 Å².